The van der Waals surface area contributed by atoms with Crippen LogP contribution in [0, 0.1) is 10.1 Å². The number of rotatable bonds is 7. The molecule has 2 aromatic carbocycles. The molecule has 0 aliphatic rings. The molecule has 3 aromatic rings. The van der Waals surface area contributed by atoms with Crippen molar-refractivity contribution in [2.24, 2.45) is 4.99 Å². The SMILES string of the molecule is CCc1nnc(NS(=O)(=O)c2ccc(N=Cc3cccc([N+](=O)[O-])c3)cc2)s1. The molecule has 0 amide bonds. The maximum Gasteiger partial charge on any atom is 0.270 e. The molecule has 28 heavy (non-hydrogen) atoms. The first-order chi connectivity index (χ1) is 13.4. The number of non-ortho nitro benzene ring substituents is 1. The van der Waals surface area contributed by atoms with Crippen molar-refractivity contribution in [2.75, 3.05) is 4.72 Å². The minimum atomic E-state index is -3.78. The Hall–Kier alpha value is -3.18. The van der Waals surface area contributed by atoms with Gasteiger partial charge in [0.1, 0.15) is 5.01 Å². The van der Waals surface area contributed by atoms with Crippen LogP contribution < -0.4 is 4.72 Å². The Morgan fingerprint density at radius 2 is 1.96 bits per heavy atom. The van der Waals surface area contributed by atoms with E-state index in [1.807, 2.05) is 6.92 Å². The summed E-state index contributed by atoms with van der Waals surface area (Å²) < 4.78 is 27.2. The van der Waals surface area contributed by atoms with Crippen LogP contribution in [0.25, 0.3) is 0 Å². The molecule has 0 spiro atoms. The van der Waals surface area contributed by atoms with Crippen molar-refractivity contribution >= 4 is 44.1 Å². The molecule has 0 bridgehead atoms. The lowest BCUT2D eigenvalue weighted by molar-refractivity contribution is -0.384. The molecule has 0 saturated carbocycles. The Morgan fingerprint density at radius 1 is 1.21 bits per heavy atom. The number of hydrogen-bond acceptors (Lipinski definition) is 8. The van der Waals surface area contributed by atoms with Gasteiger partial charge in [0.05, 0.1) is 15.5 Å². The normalized spacial score (nSPS) is 11.6. The molecule has 0 aliphatic heterocycles. The molecule has 0 fully saturated rings. The predicted octanol–water partition coefficient (Wildman–Crippen LogP) is 3.56. The van der Waals surface area contributed by atoms with E-state index in [-0.39, 0.29) is 15.7 Å². The molecule has 1 heterocycles. The van der Waals surface area contributed by atoms with Crippen molar-refractivity contribution in [1.82, 2.24) is 10.2 Å². The van der Waals surface area contributed by atoms with Crippen molar-refractivity contribution in [3.8, 4) is 0 Å². The fraction of sp³-hybridized carbons (Fsp3) is 0.118. The Bertz CT molecular complexity index is 1120. The molecule has 1 N–H and O–H groups in total. The van der Waals surface area contributed by atoms with Crippen molar-refractivity contribution in [3.63, 3.8) is 0 Å². The number of aryl methyl sites for hydroxylation is 1. The third kappa shape index (κ3) is 4.75. The number of benzene rings is 2. The van der Waals surface area contributed by atoms with E-state index < -0.39 is 14.9 Å². The maximum atomic E-state index is 12.4. The standard InChI is InChI=1S/C17H15N5O4S2/c1-2-16-19-20-17(27-16)21-28(25,26)15-8-6-13(7-9-15)18-11-12-4-3-5-14(10-12)22(23)24/h3-11H,2H2,1H3,(H,20,21). The molecule has 0 saturated heterocycles. The Kier molecular flexibility index (Phi) is 5.76. The van der Waals surface area contributed by atoms with Gasteiger partial charge in [-0.05, 0) is 36.2 Å². The van der Waals surface area contributed by atoms with Crippen LogP contribution in [0.1, 0.15) is 17.5 Å². The predicted molar refractivity (Wildman–Crippen MR) is 107 cm³/mol. The van der Waals surface area contributed by atoms with E-state index in [4.69, 9.17) is 0 Å². The average molecular weight is 417 g/mol. The second-order valence-electron chi connectivity index (χ2n) is 5.56. The summed E-state index contributed by atoms with van der Waals surface area (Å²) in [5, 5.41) is 19.4. The van der Waals surface area contributed by atoms with Crippen LogP contribution in [-0.2, 0) is 16.4 Å². The summed E-state index contributed by atoms with van der Waals surface area (Å²) in [5.74, 6) is 0. The van der Waals surface area contributed by atoms with Crippen LogP contribution in [0.15, 0.2) is 58.4 Å². The molecule has 0 unspecified atom stereocenters. The molecule has 11 heteroatoms. The number of aliphatic imine (C=N–C) groups is 1. The fourth-order valence-corrected chi connectivity index (χ4v) is 4.10. The lowest BCUT2D eigenvalue weighted by atomic mass is 10.2. The van der Waals surface area contributed by atoms with E-state index >= 15 is 0 Å². The van der Waals surface area contributed by atoms with Crippen LogP contribution in [0.3, 0.4) is 0 Å². The number of nitrogens with zero attached hydrogens (tertiary/aromatic N) is 4. The monoisotopic (exact) mass is 417 g/mol. The average Bonchev–Trinajstić information content (AvgIpc) is 3.14. The third-order valence-electron chi connectivity index (χ3n) is 3.58. The fourth-order valence-electron chi connectivity index (χ4n) is 2.19. The van der Waals surface area contributed by atoms with Gasteiger partial charge in [-0.2, -0.15) is 0 Å². The smallest absolute Gasteiger partial charge is 0.258 e. The quantitative estimate of drug-likeness (QED) is 0.356. The van der Waals surface area contributed by atoms with Crippen LogP contribution in [0.2, 0.25) is 0 Å². The first-order valence-electron chi connectivity index (χ1n) is 8.11. The summed E-state index contributed by atoms with van der Waals surface area (Å²) in [4.78, 5) is 14.6. The zero-order chi connectivity index (χ0) is 20.1. The summed E-state index contributed by atoms with van der Waals surface area (Å²) in [6, 6.07) is 12.0. The Labute approximate surface area is 165 Å². The number of nitrogens with one attached hydrogen (secondary N) is 1. The number of hydrogen-bond donors (Lipinski definition) is 1. The van der Waals surface area contributed by atoms with E-state index in [1.54, 1.807) is 24.3 Å². The van der Waals surface area contributed by atoms with Crippen molar-refractivity contribution in [1.29, 1.82) is 0 Å². The van der Waals surface area contributed by atoms with Gasteiger partial charge in [-0.3, -0.25) is 19.8 Å². The van der Waals surface area contributed by atoms with Gasteiger partial charge < -0.3 is 0 Å². The number of sulfonamides is 1. The number of aromatic nitrogens is 2. The minimum Gasteiger partial charge on any atom is -0.258 e. The first-order valence-corrected chi connectivity index (χ1v) is 10.4. The van der Waals surface area contributed by atoms with Crippen molar-refractivity contribution in [2.45, 2.75) is 18.2 Å². The van der Waals surface area contributed by atoms with Gasteiger partial charge in [-0.15, -0.1) is 10.2 Å². The summed E-state index contributed by atoms with van der Waals surface area (Å²) in [7, 11) is -3.78. The number of nitro benzene ring substituents is 1. The molecular weight excluding hydrogens is 402 g/mol. The van der Waals surface area contributed by atoms with E-state index in [1.165, 1.54) is 41.8 Å². The van der Waals surface area contributed by atoms with E-state index in [0.29, 0.717) is 17.7 Å². The molecular formula is C17H15N5O4S2. The Morgan fingerprint density at radius 3 is 2.61 bits per heavy atom. The second-order valence-corrected chi connectivity index (χ2v) is 8.31. The molecule has 3 rings (SSSR count). The highest BCUT2D eigenvalue weighted by atomic mass is 32.2. The van der Waals surface area contributed by atoms with Crippen LogP contribution in [0.5, 0.6) is 0 Å². The number of nitro groups is 1. The highest BCUT2D eigenvalue weighted by Gasteiger charge is 2.16. The number of anilines is 1. The summed E-state index contributed by atoms with van der Waals surface area (Å²) in [6.45, 7) is 1.91. The molecule has 0 aliphatic carbocycles. The van der Waals surface area contributed by atoms with Crippen LogP contribution in [0.4, 0.5) is 16.5 Å². The van der Waals surface area contributed by atoms with Gasteiger partial charge in [0.2, 0.25) is 5.13 Å². The molecule has 144 valence electrons. The third-order valence-corrected chi connectivity index (χ3v) is 6.05. The molecule has 9 nitrogen and oxygen atoms in total. The Balaban J connectivity index is 1.73. The largest absolute Gasteiger partial charge is 0.270 e. The lowest BCUT2D eigenvalue weighted by Crippen LogP contribution is -2.12. The lowest BCUT2D eigenvalue weighted by Gasteiger charge is -2.04. The summed E-state index contributed by atoms with van der Waals surface area (Å²) in [6.07, 6.45) is 2.15. The van der Waals surface area contributed by atoms with Crippen molar-refractivity contribution in [3.05, 3.63) is 69.2 Å². The maximum absolute atomic E-state index is 12.4. The topological polar surface area (TPSA) is 127 Å². The van der Waals surface area contributed by atoms with E-state index in [2.05, 4.69) is 19.9 Å². The van der Waals surface area contributed by atoms with Gasteiger partial charge in [0, 0.05) is 18.3 Å². The highest BCUT2D eigenvalue weighted by Crippen LogP contribution is 2.22. The zero-order valence-corrected chi connectivity index (χ0v) is 16.3. The first kappa shape index (κ1) is 19.6. The highest BCUT2D eigenvalue weighted by molar-refractivity contribution is 7.93. The van der Waals surface area contributed by atoms with Crippen LogP contribution in [-0.4, -0.2) is 29.8 Å². The molecule has 1 aromatic heterocycles. The summed E-state index contributed by atoms with van der Waals surface area (Å²) >= 11 is 1.18. The van der Waals surface area contributed by atoms with Crippen LogP contribution >= 0.6 is 11.3 Å². The van der Waals surface area contributed by atoms with Gasteiger partial charge in [0.15, 0.2) is 0 Å². The van der Waals surface area contributed by atoms with Gasteiger partial charge in [0.25, 0.3) is 15.7 Å². The van der Waals surface area contributed by atoms with Gasteiger partial charge in [-0.1, -0.05) is 30.4 Å². The summed E-state index contributed by atoms with van der Waals surface area (Å²) in [5.41, 5.74) is 1.05. The second kappa shape index (κ2) is 8.23. The molecule has 0 atom stereocenters. The van der Waals surface area contributed by atoms with E-state index in [9.17, 15) is 18.5 Å². The van der Waals surface area contributed by atoms with Gasteiger partial charge in [-0.25, -0.2) is 8.42 Å². The van der Waals surface area contributed by atoms with Gasteiger partial charge >= 0.3 is 0 Å². The zero-order valence-electron chi connectivity index (χ0n) is 14.6. The molecule has 0 radical (unpaired) electrons. The minimum absolute atomic E-state index is 0.0284. The van der Waals surface area contributed by atoms with Crippen molar-refractivity contribution < 1.29 is 13.3 Å². The van der Waals surface area contributed by atoms with E-state index in [0.717, 1.165) is 5.01 Å².